The molecule has 0 heterocycles. The Morgan fingerprint density at radius 2 is 1.55 bits per heavy atom. The fourth-order valence-corrected chi connectivity index (χ4v) is 3.20. The van der Waals surface area contributed by atoms with Crippen molar-refractivity contribution in [1.82, 2.24) is 4.90 Å². The van der Waals surface area contributed by atoms with Crippen LogP contribution in [0.4, 0.5) is 0 Å². The van der Waals surface area contributed by atoms with Gasteiger partial charge in [-0.3, -0.25) is 4.90 Å². The number of aliphatic hydroxyl groups excluding tert-OH is 1. The minimum Gasteiger partial charge on any atom is -0.391 e. The molecule has 0 aromatic carbocycles. The molecule has 1 fully saturated rings. The predicted octanol–water partition coefficient (Wildman–Crippen LogP) is 4.32. The molecule has 0 saturated heterocycles. The standard InChI is InChI=1S/C18H37NO/c1-14(2)8-11-19(12-9-15(3)4)16-13-18(5,6)10-7-17(16)20/h14-17,20H,7-13H2,1-6H3. The van der Waals surface area contributed by atoms with E-state index >= 15 is 0 Å². The molecule has 0 radical (unpaired) electrons. The highest BCUT2D eigenvalue weighted by Gasteiger charge is 2.36. The molecule has 20 heavy (non-hydrogen) atoms. The molecule has 1 rings (SSSR count). The van der Waals surface area contributed by atoms with Gasteiger partial charge in [0.05, 0.1) is 6.10 Å². The first kappa shape index (κ1) is 18.0. The zero-order valence-electron chi connectivity index (χ0n) is 14.7. The van der Waals surface area contributed by atoms with Gasteiger partial charge in [-0.25, -0.2) is 0 Å². The average Bonchev–Trinajstić information content (AvgIpc) is 2.32. The quantitative estimate of drug-likeness (QED) is 0.752. The largest absolute Gasteiger partial charge is 0.391 e. The van der Waals surface area contributed by atoms with Crippen molar-refractivity contribution in [3.05, 3.63) is 0 Å². The van der Waals surface area contributed by atoms with E-state index in [2.05, 4.69) is 46.4 Å². The van der Waals surface area contributed by atoms with Crippen molar-refractivity contribution in [2.24, 2.45) is 17.3 Å². The van der Waals surface area contributed by atoms with Crippen LogP contribution in [-0.2, 0) is 0 Å². The highest BCUT2D eigenvalue weighted by molar-refractivity contribution is 4.90. The SMILES string of the molecule is CC(C)CCN(CCC(C)C)C1CC(C)(C)CCC1O. The summed E-state index contributed by atoms with van der Waals surface area (Å²) in [7, 11) is 0. The molecule has 1 aliphatic carbocycles. The van der Waals surface area contributed by atoms with Crippen LogP contribution < -0.4 is 0 Å². The lowest BCUT2D eigenvalue weighted by Gasteiger charge is -2.44. The minimum atomic E-state index is -0.123. The van der Waals surface area contributed by atoms with Gasteiger partial charge in [-0.1, -0.05) is 41.5 Å². The summed E-state index contributed by atoms with van der Waals surface area (Å²) in [5, 5.41) is 10.5. The van der Waals surface area contributed by atoms with E-state index < -0.39 is 0 Å². The summed E-state index contributed by atoms with van der Waals surface area (Å²) in [4.78, 5) is 2.59. The minimum absolute atomic E-state index is 0.123. The molecule has 2 heteroatoms. The maximum Gasteiger partial charge on any atom is 0.0695 e. The fourth-order valence-electron chi connectivity index (χ4n) is 3.20. The van der Waals surface area contributed by atoms with Gasteiger partial charge in [-0.15, -0.1) is 0 Å². The third kappa shape index (κ3) is 6.13. The molecule has 120 valence electrons. The summed E-state index contributed by atoms with van der Waals surface area (Å²) in [5.74, 6) is 1.48. The van der Waals surface area contributed by atoms with E-state index in [9.17, 15) is 5.11 Å². The van der Waals surface area contributed by atoms with Gasteiger partial charge < -0.3 is 5.11 Å². The van der Waals surface area contributed by atoms with E-state index in [0.29, 0.717) is 11.5 Å². The van der Waals surface area contributed by atoms with Crippen molar-refractivity contribution < 1.29 is 5.11 Å². The molecule has 2 nitrogen and oxygen atoms in total. The lowest BCUT2D eigenvalue weighted by molar-refractivity contribution is -0.0201. The molecule has 0 bridgehead atoms. The van der Waals surface area contributed by atoms with E-state index in [-0.39, 0.29) is 6.10 Å². The molecule has 1 saturated carbocycles. The molecular formula is C18H37NO. The molecule has 0 amide bonds. The van der Waals surface area contributed by atoms with Gasteiger partial charge in [0, 0.05) is 6.04 Å². The van der Waals surface area contributed by atoms with Gasteiger partial charge in [0.1, 0.15) is 0 Å². The normalized spacial score (nSPS) is 26.7. The number of aliphatic hydroxyl groups is 1. The first-order valence-electron chi connectivity index (χ1n) is 8.63. The molecule has 0 aromatic rings. The van der Waals surface area contributed by atoms with Crippen LogP contribution in [0, 0.1) is 17.3 Å². The average molecular weight is 283 g/mol. The first-order valence-corrected chi connectivity index (χ1v) is 8.63. The van der Waals surface area contributed by atoms with E-state index in [1.807, 2.05) is 0 Å². The van der Waals surface area contributed by atoms with Crippen LogP contribution in [0.1, 0.15) is 73.6 Å². The summed E-state index contributed by atoms with van der Waals surface area (Å²) in [6.07, 6.45) is 5.63. The van der Waals surface area contributed by atoms with Crippen LogP contribution in [0.2, 0.25) is 0 Å². The molecule has 1 aliphatic rings. The van der Waals surface area contributed by atoms with Gasteiger partial charge in [0.25, 0.3) is 0 Å². The second-order valence-corrected chi connectivity index (χ2v) is 8.44. The number of hydrogen-bond acceptors (Lipinski definition) is 2. The van der Waals surface area contributed by atoms with Crippen LogP contribution in [0.3, 0.4) is 0 Å². The fraction of sp³-hybridized carbons (Fsp3) is 1.00. The second-order valence-electron chi connectivity index (χ2n) is 8.44. The van der Waals surface area contributed by atoms with E-state index in [0.717, 1.165) is 44.2 Å². The molecular weight excluding hydrogens is 246 g/mol. The van der Waals surface area contributed by atoms with Crippen molar-refractivity contribution in [2.45, 2.75) is 85.8 Å². The predicted molar refractivity (Wildman–Crippen MR) is 87.9 cm³/mol. The highest BCUT2D eigenvalue weighted by atomic mass is 16.3. The Kier molecular flexibility index (Phi) is 7.00. The van der Waals surface area contributed by atoms with Gasteiger partial charge >= 0.3 is 0 Å². The third-order valence-electron chi connectivity index (χ3n) is 4.78. The van der Waals surface area contributed by atoms with Crippen molar-refractivity contribution in [1.29, 1.82) is 0 Å². The van der Waals surface area contributed by atoms with Gasteiger partial charge in [-0.05, 0) is 62.4 Å². The zero-order chi connectivity index (χ0) is 15.3. The summed E-state index contributed by atoms with van der Waals surface area (Å²) in [6, 6.07) is 0.372. The summed E-state index contributed by atoms with van der Waals surface area (Å²) in [5.41, 5.74) is 0.387. The molecule has 2 atom stereocenters. The molecule has 1 N–H and O–H groups in total. The maximum atomic E-state index is 10.5. The van der Waals surface area contributed by atoms with Gasteiger partial charge in [0.2, 0.25) is 0 Å². The number of hydrogen-bond donors (Lipinski definition) is 1. The lowest BCUT2D eigenvalue weighted by atomic mass is 9.73. The summed E-state index contributed by atoms with van der Waals surface area (Å²) < 4.78 is 0. The molecule has 0 aliphatic heterocycles. The number of rotatable bonds is 7. The second kappa shape index (κ2) is 7.79. The first-order chi connectivity index (χ1) is 9.21. The topological polar surface area (TPSA) is 23.5 Å². The summed E-state index contributed by atoms with van der Waals surface area (Å²) >= 11 is 0. The Morgan fingerprint density at radius 1 is 1.05 bits per heavy atom. The van der Waals surface area contributed by atoms with Gasteiger partial charge in [0.15, 0.2) is 0 Å². The summed E-state index contributed by atoms with van der Waals surface area (Å²) in [6.45, 7) is 16.2. The van der Waals surface area contributed by atoms with Crippen LogP contribution in [0.25, 0.3) is 0 Å². The molecule has 2 unspecified atom stereocenters. The van der Waals surface area contributed by atoms with Gasteiger partial charge in [-0.2, -0.15) is 0 Å². The van der Waals surface area contributed by atoms with Crippen LogP contribution >= 0.6 is 0 Å². The maximum absolute atomic E-state index is 10.5. The molecule has 0 spiro atoms. The molecule has 0 aromatic heterocycles. The van der Waals surface area contributed by atoms with E-state index in [1.165, 1.54) is 12.8 Å². The Bertz CT molecular complexity index is 261. The van der Waals surface area contributed by atoms with Crippen molar-refractivity contribution in [3.8, 4) is 0 Å². The van der Waals surface area contributed by atoms with E-state index in [4.69, 9.17) is 0 Å². The Morgan fingerprint density at radius 3 is 2.00 bits per heavy atom. The van der Waals surface area contributed by atoms with Crippen LogP contribution in [-0.4, -0.2) is 35.2 Å². The van der Waals surface area contributed by atoms with Crippen molar-refractivity contribution in [2.75, 3.05) is 13.1 Å². The lowest BCUT2D eigenvalue weighted by Crippen LogP contribution is -2.50. The Balaban J connectivity index is 2.67. The Labute approximate surface area is 126 Å². The zero-order valence-corrected chi connectivity index (χ0v) is 14.7. The third-order valence-corrected chi connectivity index (χ3v) is 4.78. The number of nitrogens with zero attached hydrogens (tertiary/aromatic N) is 1. The smallest absolute Gasteiger partial charge is 0.0695 e. The van der Waals surface area contributed by atoms with Crippen LogP contribution in [0.15, 0.2) is 0 Å². The van der Waals surface area contributed by atoms with Crippen LogP contribution in [0.5, 0.6) is 0 Å². The Hall–Kier alpha value is -0.0800. The van der Waals surface area contributed by atoms with E-state index in [1.54, 1.807) is 0 Å². The monoisotopic (exact) mass is 283 g/mol. The highest BCUT2D eigenvalue weighted by Crippen LogP contribution is 2.37. The van der Waals surface area contributed by atoms with Crippen molar-refractivity contribution >= 4 is 0 Å². The van der Waals surface area contributed by atoms with Crippen molar-refractivity contribution in [3.63, 3.8) is 0 Å².